The third-order valence-corrected chi connectivity index (χ3v) is 6.82. The van der Waals surface area contributed by atoms with Gasteiger partial charge in [-0.3, -0.25) is 4.79 Å². The van der Waals surface area contributed by atoms with E-state index < -0.39 is 0 Å². The molecular weight excluding hydrogens is 280 g/mol. The van der Waals surface area contributed by atoms with Gasteiger partial charge in [-0.15, -0.1) is 11.8 Å². The predicted octanol–water partition coefficient (Wildman–Crippen LogP) is 2.90. The molecule has 0 aromatic rings. The molecule has 1 N–H and O–H groups in total. The van der Waals surface area contributed by atoms with Gasteiger partial charge >= 0.3 is 0 Å². The number of hydrogen-bond donors (Lipinski definition) is 1. The summed E-state index contributed by atoms with van der Waals surface area (Å²) in [6.45, 7) is 10.3. The summed E-state index contributed by atoms with van der Waals surface area (Å²) in [5.74, 6) is 1.09. The van der Waals surface area contributed by atoms with Gasteiger partial charge in [0.15, 0.2) is 0 Å². The molecule has 1 saturated carbocycles. The van der Waals surface area contributed by atoms with Crippen molar-refractivity contribution >= 4 is 17.7 Å². The molecule has 3 nitrogen and oxygen atoms in total. The molecule has 1 aliphatic carbocycles. The quantitative estimate of drug-likeness (QED) is 0.870. The van der Waals surface area contributed by atoms with Crippen molar-refractivity contribution in [2.24, 2.45) is 10.8 Å². The Morgan fingerprint density at radius 3 is 2.67 bits per heavy atom. The van der Waals surface area contributed by atoms with Crippen molar-refractivity contribution in [1.82, 2.24) is 10.2 Å². The molecule has 2 saturated heterocycles. The van der Waals surface area contributed by atoms with Gasteiger partial charge < -0.3 is 10.2 Å². The normalized spacial score (nSPS) is 36.0. The molecule has 120 valence electrons. The number of nitrogens with one attached hydrogen (secondary N) is 1. The summed E-state index contributed by atoms with van der Waals surface area (Å²) in [6.07, 6.45) is 6.10. The molecule has 2 heterocycles. The molecule has 3 rings (SSSR count). The second-order valence-corrected chi connectivity index (χ2v) is 9.78. The van der Waals surface area contributed by atoms with Crippen molar-refractivity contribution in [3.8, 4) is 0 Å². The maximum absolute atomic E-state index is 12.7. The van der Waals surface area contributed by atoms with Crippen LogP contribution in [0.25, 0.3) is 0 Å². The molecule has 1 amide bonds. The van der Waals surface area contributed by atoms with E-state index in [-0.39, 0.29) is 0 Å². The predicted molar refractivity (Wildman–Crippen MR) is 89.6 cm³/mol. The van der Waals surface area contributed by atoms with Gasteiger partial charge in [0.1, 0.15) is 0 Å². The highest BCUT2D eigenvalue weighted by Gasteiger charge is 2.50. The lowest BCUT2D eigenvalue weighted by molar-refractivity contribution is -0.129. The number of carbonyl (C=O) groups excluding carboxylic acids is 1. The first-order chi connectivity index (χ1) is 9.87. The summed E-state index contributed by atoms with van der Waals surface area (Å²) in [6, 6.07) is 0.500. The van der Waals surface area contributed by atoms with Gasteiger partial charge in [0.05, 0.1) is 5.75 Å². The highest BCUT2D eigenvalue weighted by molar-refractivity contribution is 8.00. The van der Waals surface area contributed by atoms with Crippen molar-refractivity contribution in [3.05, 3.63) is 0 Å². The van der Waals surface area contributed by atoms with E-state index in [1.54, 1.807) is 0 Å². The fraction of sp³-hybridized carbons (Fsp3) is 0.941. The van der Waals surface area contributed by atoms with Crippen LogP contribution in [0.4, 0.5) is 0 Å². The first-order valence-corrected chi connectivity index (χ1v) is 9.54. The van der Waals surface area contributed by atoms with Crippen molar-refractivity contribution < 1.29 is 4.79 Å². The highest BCUT2D eigenvalue weighted by atomic mass is 32.2. The van der Waals surface area contributed by atoms with Gasteiger partial charge in [0, 0.05) is 17.8 Å². The number of carbonyl (C=O) groups is 1. The second kappa shape index (κ2) is 5.77. The molecule has 21 heavy (non-hydrogen) atoms. The van der Waals surface area contributed by atoms with Crippen LogP contribution in [0.15, 0.2) is 0 Å². The van der Waals surface area contributed by atoms with Gasteiger partial charge in [-0.1, -0.05) is 20.8 Å². The Morgan fingerprint density at radius 2 is 1.95 bits per heavy atom. The average molecular weight is 311 g/mol. The molecule has 0 spiro atoms. The topological polar surface area (TPSA) is 32.3 Å². The maximum Gasteiger partial charge on any atom is 0.232 e. The van der Waals surface area contributed by atoms with E-state index in [2.05, 4.69) is 31.0 Å². The zero-order valence-electron chi connectivity index (χ0n) is 13.8. The van der Waals surface area contributed by atoms with Crippen LogP contribution in [-0.2, 0) is 4.79 Å². The largest absolute Gasteiger partial charge is 0.338 e. The summed E-state index contributed by atoms with van der Waals surface area (Å²) in [7, 11) is 0. The Morgan fingerprint density at radius 1 is 1.24 bits per heavy atom. The fourth-order valence-corrected chi connectivity index (χ4v) is 6.10. The number of amides is 1. The maximum atomic E-state index is 12.7. The highest BCUT2D eigenvalue weighted by Crippen LogP contribution is 2.52. The standard InChI is InChI=1S/C17H30N2OS/c1-16(2)8-13-9-17(3,11-16)12-19(13)15(20)10-21-14-4-6-18-7-5-14/h13-14,18H,4-12H2,1-3H3. The number of thioether (sulfide) groups is 1. The number of nitrogens with zero attached hydrogens (tertiary/aromatic N) is 1. The molecule has 3 fully saturated rings. The second-order valence-electron chi connectivity index (χ2n) is 8.50. The summed E-state index contributed by atoms with van der Waals surface area (Å²) >= 11 is 1.89. The van der Waals surface area contributed by atoms with E-state index in [1.165, 1.54) is 32.1 Å². The third kappa shape index (κ3) is 3.58. The Balaban J connectivity index is 1.56. The van der Waals surface area contributed by atoms with E-state index in [4.69, 9.17) is 0 Å². The van der Waals surface area contributed by atoms with Crippen molar-refractivity contribution in [2.75, 3.05) is 25.4 Å². The zero-order chi connectivity index (χ0) is 15.1. The van der Waals surface area contributed by atoms with Crippen LogP contribution in [0.1, 0.15) is 52.9 Å². The van der Waals surface area contributed by atoms with Crippen LogP contribution in [0, 0.1) is 10.8 Å². The fourth-order valence-electron chi connectivity index (χ4n) is 4.99. The Bertz CT molecular complexity index is 406. The van der Waals surface area contributed by atoms with Crippen LogP contribution >= 0.6 is 11.8 Å². The molecule has 0 aromatic heterocycles. The van der Waals surface area contributed by atoms with Gasteiger partial charge in [-0.25, -0.2) is 0 Å². The van der Waals surface area contributed by atoms with E-state index in [1.807, 2.05) is 11.8 Å². The van der Waals surface area contributed by atoms with E-state index in [0.29, 0.717) is 33.8 Å². The molecule has 0 aromatic carbocycles. The van der Waals surface area contributed by atoms with Crippen LogP contribution in [0.2, 0.25) is 0 Å². The van der Waals surface area contributed by atoms with Gasteiger partial charge in [-0.05, 0) is 56.0 Å². The van der Waals surface area contributed by atoms with Crippen molar-refractivity contribution in [1.29, 1.82) is 0 Å². The summed E-state index contributed by atoms with van der Waals surface area (Å²) < 4.78 is 0. The summed E-state index contributed by atoms with van der Waals surface area (Å²) in [5, 5.41) is 4.08. The Hall–Kier alpha value is -0.220. The van der Waals surface area contributed by atoms with Crippen LogP contribution in [-0.4, -0.2) is 47.5 Å². The van der Waals surface area contributed by atoms with Crippen LogP contribution in [0.3, 0.4) is 0 Å². The number of piperidine rings is 1. The Kier molecular flexibility index (Phi) is 4.30. The molecule has 2 aliphatic heterocycles. The van der Waals surface area contributed by atoms with Crippen molar-refractivity contribution in [3.63, 3.8) is 0 Å². The summed E-state index contributed by atoms with van der Waals surface area (Å²) in [4.78, 5) is 14.9. The van der Waals surface area contributed by atoms with Gasteiger partial charge in [0.2, 0.25) is 5.91 Å². The number of fused-ring (bicyclic) bond motifs is 2. The SMILES string of the molecule is CC1(C)CC2CC(C)(CN2C(=O)CSC2CCNCC2)C1. The monoisotopic (exact) mass is 310 g/mol. The lowest BCUT2D eigenvalue weighted by Gasteiger charge is -2.39. The van der Waals surface area contributed by atoms with E-state index in [9.17, 15) is 4.79 Å². The smallest absolute Gasteiger partial charge is 0.232 e. The third-order valence-electron chi connectivity index (χ3n) is 5.46. The van der Waals surface area contributed by atoms with Gasteiger partial charge in [0.25, 0.3) is 0 Å². The van der Waals surface area contributed by atoms with E-state index in [0.717, 1.165) is 19.6 Å². The lowest BCUT2D eigenvalue weighted by Crippen LogP contribution is -2.39. The molecule has 2 bridgehead atoms. The van der Waals surface area contributed by atoms with Gasteiger partial charge in [-0.2, -0.15) is 0 Å². The lowest BCUT2D eigenvalue weighted by atomic mass is 9.65. The number of hydrogen-bond acceptors (Lipinski definition) is 3. The first kappa shape index (κ1) is 15.7. The molecule has 0 radical (unpaired) electrons. The van der Waals surface area contributed by atoms with Crippen LogP contribution < -0.4 is 5.32 Å². The minimum Gasteiger partial charge on any atom is -0.338 e. The molecular formula is C17H30N2OS. The minimum atomic E-state index is 0.363. The van der Waals surface area contributed by atoms with E-state index >= 15 is 0 Å². The summed E-state index contributed by atoms with van der Waals surface area (Å²) in [5.41, 5.74) is 0.760. The van der Waals surface area contributed by atoms with Crippen molar-refractivity contribution in [2.45, 2.75) is 64.2 Å². The van der Waals surface area contributed by atoms with Crippen LogP contribution in [0.5, 0.6) is 0 Å². The number of rotatable bonds is 3. The zero-order valence-corrected chi connectivity index (χ0v) is 14.6. The molecule has 4 heteroatoms. The Labute approximate surface area is 133 Å². The number of likely N-dealkylation sites (tertiary alicyclic amines) is 1. The minimum absolute atomic E-state index is 0.363. The first-order valence-electron chi connectivity index (χ1n) is 8.49. The molecule has 2 unspecified atom stereocenters. The molecule has 2 atom stereocenters. The molecule has 3 aliphatic rings. The average Bonchev–Trinajstić information content (AvgIpc) is 2.66.